The molecule has 3 rings (SSSR count). The number of nitrogens with two attached hydrogens (primary N) is 1. The number of aromatic nitrogens is 3. The molecule has 0 aliphatic heterocycles. The number of fused-ring (bicyclic) bond motifs is 1. The van der Waals surface area contributed by atoms with Gasteiger partial charge in [0, 0.05) is 17.4 Å². The molecule has 1 aromatic carbocycles. The van der Waals surface area contributed by atoms with Gasteiger partial charge >= 0.3 is 0 Å². The molecule has 4 heteroatoms. The second kappa shape index (κ2) is 3.84. The second-order valence-corrected chi connectivity index (χ2v) is 4.54. The van der Waals surface area contributed by atoms with Crippen molar-refractivity contribution >= 4 is 11.3 Å². The lowest BCUT2D eigenvalue weighted by atomic mass is 10.1. The monoisotopic (exact) mass is 238 g/mol. The van der Waals surface area contributed by atoms with Crippen molar-refractivity contribution < 1.29 is 0 Å². The molecule has 3 aromatic rings. The number of pyridine rings is 1. The predicted molar refractivity (Wildman–Crippen MR) is 72.3 cm³/mol. The molecular weight excluding hydrogens is 224 g/mol. The fraction of sp³-hybridized carbons (Fsp3) is 0.143. The van der Waals surface area contributed by atoms with Crippen molar-refractivity contribution in [2.45, 2.75) is 13.8 Å². The first-order valence-electron chi connectivity index (χ1n) is 5.83. The van der Waals surface area contributed by atoms with Crippen LogP contribution in [0.2, 0.25) is 0 Å². The van der Waals surface area contributed by atoms with Crippen LogP contribution in [0.4, 0.5) is 5.69 Å². The predicted octanol–water partition coefficient (Wildman–Crippen LogP) is 2.60. The smallest absolute Gasteiger partial charge is 0.168 e. The Morgan fingerprint density at radius 2 is 1.78 bits per heavy atom. The first-order chi connectivity index (χ1) is 8.65. The molecule has 0 saturated carbocycles. The third-order valence-corrected chi connectivity index (χ3v) is 3.02. The minimum absolute atomic E-state index is 0.716. The van der Waals surface area contributed by atoms with E-state index in [4.69, 9.17) is 5.73 Å². The van der Waals surface area contributed by atoms with Gasteiger partial charge in [0.15, 0.2) is 11.5 Å². The van der Waals surface area contributed by atoms with Gasteiger partial charge in [0.1, 0.15) is 0 Å². The van der Waals surface area contributed by atoms with Gasteiger partial charge in [-0.05, 0) is 25.5 Å². The minimum Gasteiger partial charge on any atom is -0.398 e. The summed E-state index contributed by atoms with van der Waals surface area (Å²) in [6.07, 6.45) is 1.86. The summed E-state index contributed by atoms with van der Waals surface area (Å²) in [5, 5.41) is 8.47. The summed E-state index contributed by atoms with van der Waals surface area (Å²) in [5.74, 6) is 0.820. The van der Waals surface area contributed by atoms with Gasteiger partial charge in [-0.1, -0.05) is 29.8 Å². The average Bonchev–Trinajstić information content (AvgIpc) is 2.74. The van der Waals surface area contributed by atoms with Crippen LogP contribution in [-0.4, -0.2) is 14.6 Å². The molecule has 0 unspecified atom stereocenters. The van der Waals surface area contributed by atoms with Gasteiger partial charge in [-0.15, -0.1) is 10.2 Å². The Hall–Kier alpha value is -2.36. The van der Waals surface area contributed by atoms with Crippen LogP contribution in [0.5, 0.6) is 0 Å². The summed E-state index contributed by atoms with van der Waals surface area (Å²) in [5.41, 5.74) is 10.7. The molecule has 0 radical (unpaired) electrons. The molecule has 2 N–H and O–H groups in total. The van der Waals surface area contributed by atoms with Crippen molar-refractivity contribution in [3.05, 3.63) is 47.7 Å². The summed E-state index contributed by atoms with van der Waals surface area (Å²) in [4.78, 5) is 0. The van der Waals surface area contributed by atoms with Crippen molar-refractivity contribution in [2.24, 2.45) is 0 Å². The number of aryl methyl sites for hydroxylation is 2. The summed E-state index contributed by atoms with van der Waals surface area (Å²) in [7, 11) is 0. The largest absolute Gasteiger partial charge is 0.398 e. The van der Waals surface area contributed by atoms with E-state index in [9.17, 15) is 0 Å². The van der Waals surface area contributed by atoms with Crippen molar-refractivity contribution in [3.63, 3.8) is 0 Å². The van der Waals surface area contributed by atoms with Crippen LogP contribution in [0, 0.1) is 13.8 Å². The lowest BCUT2D eigenvalue weighted by Gasteiger charge is -2.03. The number of nitrogens with zero attached hydrogens (tertiary/aromatic N) is 3. The second-order valence-electron chi connectivity index (χ2n) is 4.54. The van der Waals surface area contributed by atoms with Crippen LogP contribution in [0.3, 0.4) is 0 Å². The maximum Gasteiger partial charge on any atom is 0.168 e. The Labute approximate surface area is 105 Å². The third kappa shape index (κ3) is 1.62. The first kappa shape index (κ1) is 10.8. The van der Waals surface area contributed by atoms with Gasteiger partial charge in [-0.2, -0.15) is 0 Å². The molecule has 0 aliphatic rings. The highest BCUT2D eigenvalue weighted by atomic mass is 15.2. The lowest BCUT2D eigenvalue weighted by molar-refractivity contribution is 1.11. The van der Waals surface area contributed by atoms with Crippen LogP contribution in [0.1, 0.15) is 11.1 Å². The topological polar surface area (TPSA) is 56.2 Å². The Morgan fingerprint density at radius 1 is 1.06 bits per heavy atom. The van der Waals surface area contributed by atoms with E-state index in [1.54, 1.807) is 0 Å². The zero-order valence-electron chi connectivity index (χ0n) is 10.4. The molecule has 4 nitrogen and oxygen atoms in total. The van der Waals surface area contributed by atoms with Crippen LogP contribution < -0.4 is 5.73 Å². The molecule has 18 heavy (non-hydrogen) atoms. The van der Waals surface area contributed by atoms with Crippen molar-refractivity contribution in [1.82, 2.24) is 14.6 Å². The molecule has 90 valence electrons. The van der Waals surface area contributed by atoms with Crippen LogP contribution in [-0.2, 0) is 0 Å². The zero-order valence-corrected chi connectivity index (χ0v) is 10.4. The number of benzene rings is 1. The number of rotatable bonds is 1. The quantitative estimate of drug-likeness (QED) is 0.709. The third-order valence-electron chi connectivity index (χ3n) is 3.02. The van der Waals surface area contributed by atoms with E-state index in [-0.39, 0.29) is 0 Å². The van der Waals surface area contributed by atoms with Crippen molar-refractivity contribution in [2.75, 3.05) is 5.73 Å². The molecular formula is C14H14N4. The van der Waals surface area contributed by atoms with Gasteiger partial charge in [0.2, 0.25) is 0 Å². The summed E-state index contributed by atoms with van der Waals surface area (Å²) in [6.45, 7) is 4.05. The molecule has 0 aliphatic carbocycles. The van der Waals surface area contributed by atoms with Crippen LogP contribution in [0.15, 0.2) is 36.5 Å². The Kier molecular flexibility index (Phi) is 2.30. The molecule has 0 spiro atoms. The molecule has 0 saturated heterocycles. The van der Waals surface area contributed by atoms with Crippen LogP contribution >= 0.6 is 0 Å². The van der Waals surface area contributed by atoms with E-state index < -0.39 is 0 Å². The van der Waals surface area contributed by atoms with E-state index in [1.165, 1.54) is 5.56 Å². The average molecular weight is 238 g/mol. The number of hydrogen-bond acceptors (Lipinski definition) is 3. The molecule has 0 bridgehead atoms. The number of nitrogen functional groups attached to an aromatic ring is 1. The highest BCUT2D eigenvalue weighted by Gasteiger charge is 2.09. The van der Waals surface area contributed by atoms with Crippen LogP contribution in [0.25, 0.3) is 17.0 Å². The Bertz CT molecular complexity index is 710. The zero-order chi connectivity index (χ0) is 12.7. The van der Waals surface area contributed by atoms with E-state index in [2.05, 4.69) is 29.3 Å². The molecule has 0 atom stereocenters. The number of anilines is 1. The van der Waals surface area contributed by atoms with E-state index in [1.807, 2.05) is 35.7 Å². The fourth-order valence-corrected chi connectivity index (χ4v) is 2.08. The first-order valence-corrected chi connectivity index (χ1v) is 5.83. The molecule has 0 amide bonds. The molecule has 2 heterocycles. The Balaban J connectivity index is 2.27. The fourth-order valence-electron chi connectivity index (χ4n) is 2.08. The summed E-state index contributed by atoms with van der Waals surface area (Å²) >= 11 is 0. The van der Waals surface area contributed by atoms with Gasteiger partial charge in [0.05, 0.1) is 0 Å². The SMILES string of the molecule is Cc1ccc(-c2nnc3c(C)cc(N)cn23)cc1. The van der Waals surface area contributed by atoms with E-state index in [0.717, 1.165) is 22.6 Å². The maximum atomic E-state index is 5.88. The molecule has 0 fully saturated rings. The molecule has 2 aromatic heterocycles. The van der Waals surface area contributed by atoms with Gasteiger partial charge < -0.3 is 5.73 Å². The number of hydrogen-bond donors (Lipinski definition) is 1. The van der Waals surface area contributed by atoms with Gasteiger partial charge in [-0.25, -0.2) is 0 Å². The van der Waals surface area contributed by atoms with Gasteiger partial charge in [-0.3, -0.25) is 4.40 Å². The van der Waals surface area contributed by atoms with Crippen molar-refractivity contribution in [3.8, 4) is 11.4 Å². The highest BCUT2D eigenvalue weighted by molar-refractivity contribution is 5.63. The summed E-state index contributed by atoms with van der Waals surface area (Å²) in [6, 6.07) is 10.1. The maximum absolute atomic E-state index is 5.88. The van der Waals surface area contributed by atoms with Crippen molar-refractivity contribution in [1.29, 1.82) is 0 Å². The highest BCUT2D eigenvalue weighted by Crippen LogP contribution is 2.21. The van der Waals surface area contributed by atoms with Gasteiger partial charge in [0.25, 0.3) is 0 Å². The summed E-state index contributed by atoms with van der Waals surface area (Å²) < 4.78 is 1.94. The Morgan fingerprint density at radius 3 is 2.50 bits per heavy atom. The lowest BCUT2D eigenvalue weighted by Crippen LogP contribution is -1.95. The minimum atomic E-state index is 0.716. The van der Waals surface area contributed by atoms with E-state index in [0.29, 0.717) is 5.69 Å². The normalized spacial score (nSPS) is 11.0. The van der Waals surface area contributed by atoms with E-state index >= 15 is 0 Å². The standard InChI is InChI=1S/C14H14N4/c1-9-3-5-11(6-4-9)14-17-16-13-10(2)7-12(15)8-18(13)14/h3-8H,15H2,1-2H3.